The van der Waals surface area contributed by atoms with Crippen LogP contribution in [-0.4, -0.2) is 16.6 Å². The molecule has 0 radical (unpaired) electrons. The number of thiazole rings is 1. The molecule has 3 rings (SSSR count). The van der Waals surface area contributed by atoms with Crippen LogP contribution in [0.1, 0.15) is 16.1 Å². The molecule has 1 amide bonds. The lowest BCUT2D eigenvalue weighted by atomic mass is 10.1. The predicted molar refractivity (Wildman–Crippen MR) is 98.8 cm³/mol. The molecule has 2 aromatic carbocycles. The van der Waals surface area contributed by atoms with Gasteiger partial charge in [0.2, 0.25) is 5.91 Å². The van der Waals surface area contributed by atoms with E-state index >= 15 is 0 Å². The van der Waals surface area contributed by atoms with Crippen LogP contribution in [-0.2, 0) is 17.1 Å². The van der Waals surface area contributed by atoms with E-state index < -0.39 is 0 Å². The first kappa shape index (κ1) is 16.0. The first-order valence-electron chi connectivity index (χ1n) is 7.45. The Morgan fingerprint density at radius 1 is 1.17 bits per heavy atom. The van der Waals surface area contributed by atoms with E-state index in [1.165, 1.54) is 10.3 Å². The lowest BCUT2D eigenvalue weighted by molar-refractivity contribution is -0.118. The van der Waals surface area contributed by atoms with Gasteiger partial charge in [0.15, 0.2) is 0 Å². The van der Waals surface area contributed by atoms with E-state index in [0.717, 1.165) is 21.8 Å². The van der Waals surface area contributed by atoms with Crippen molar-refractivity contribution in [3.8, 4) is 0 Å². The van der Waals surface area contributed by atoms with E-state index in [-0.39, 0.29) is 5.91 Å². The van der Waals surface area contributed by atoms with Crippen LogP contribution < -0.4 is 5.32 Å². The average molecular weight is 342 g/mol. The lowest BCUT2D eigenvalue weighted by Gasteiger charge is -2.05. The second-order valence-electron chi connectivity index (χ2n) is 5.33. The summed E-state index contributed by atoms with van der Waals surface area (Å²) in [4.78, 5) is 16.5. The van der Waals surface area contributed by atoms with Gasteiger partial charge in [-0.05, 0) is 24.6 Å². The highest BCUT2D eigenvalue weighted by Crippen LogP contribution is 2.24. The Hall–Kier alpha value is -1.85. The summed E-state index contributed by atoms with van der Waals surface area (Å²) in [5.74, 6) is 1.30. The Morgan fingerprint density at radius 2 is 1.96 bits per heavy atom. The molecule has 23 heavy (non-hydrogen) atoms. The molecule has 0 aliphatic rings. The summed E-state index contributed by atoms with van der Waals surface area (Å²) in [7, 11) is 0. The molecule has 5 heteroatoms. The van der Waals surface area contributed by atoms with Gasteiger partial charge >= 0.3 is 0 Å². The molecule has 0 bridgehead atoms. The Bertz CT molecular complexity index is 763. The fraction of sp³-hybridized carbons (Fsp3) is 0.222. The number of amides is 1. The second kappa shape index (κ2) is 7.62. The van der Waals surface area contributed by atoms with Crippen molar-refractivity contribution in [3.05, 3.63) is 64.7 Å². The van der Waals surface area contributed by atoms with Crippen molar-refractivity contribution in [3.63, 3.8) is 0 Å². The molecule has 1 N–H and O–H groups in total. The third-order valence-electron chi connectivity index (χ3n) is 3.41. The minimum absolute atomic E-state index is 0.0664. The second-order valence-corrected chi connectivity index (χ2v) is 7.43. The monoisotopic (exact) mass is 342 g/mol. The van der Waals surface area contributed by atoms with Crippen LogP contribution in [0.15, 0.2) is 48.5 Å². The molecule has 0 spiro atoms. The van der Waals surface area contributed by atoms with Crippen molar-refractivity contribution in [1.29, 1.82) is 0 Å². The molecular weight excluding hydrogens is 324 g/mol. The highest BCUT2D eigenvalue weighted by molar-refractivity contribution is 7.99. The lowest BCUT2D eigenvalue weighted by Crippen LogP contribution is -2.24. The SMILES string of the molecule is Cc1ccc(CNC(=O)CSCc2nc3ccccc3s2)cc1. The minimum atomic E-state index is 0.0664. The Labute approximate surface area is 144 Å². The zero-order valence-electron chi connectivity index (χ0n) is 12.9. The quantitative estimate of drug-likeness (QED) is 0.731. The van der Waals surface area contributed by atoms with Crippen LogP contribution in [0.25, 0.3) is 10.2 Å². The summed E-state index contributed by atoms with van der Waals surface area (Å²) in [6, 6.07) is 16.3. The summed E-state index contributed by atoms with van der Waals surface area (Å²) < 4.78 is 1.20. The summed E-state index contributed by atoms with van der Waals surface area (Å²) in [5.41, 5.74) is 3.39. The van der Waals surface area contributed by atoms with E-state index in [9.17, 15) is 4.79 Å². The van der Waals surface area contributed by atoms with Gasteiger partial charge in [-0.3, -0.25) is 4.79 Å². The van der Waals surface area contributed by atoms with E-state index in [4.69, 9.17) is 0 Å². The Kier molecular flexibility index (Phi) is 5.31. The summed E-state index contributed by atoms with van der Waals surface area (Å²) in [6.45, 7) is 2.64. The number of aryl methyl sites for hydroxylation is 1. The fourth-order valence-corrected chi connectivity index (χ4v) is 4.05. The number of fused-ring (bicyclic) bond motifs is 1. The van der Waals surface area contributed by atoms with Crippen molar-refractivity contribution >= 4 is 39.2 Å². The number of nitrogens with zero attached hydrogens (tertiary/aromatic N) is 1. The smallest absolute Gasteiger partial charge is 0.230 e. The van der Waals surface area contributed by atoms with Gasteiger partial charge in [0.1, 0.15) is 5.01 Å². The van der Waals surface area contributed by atoms with E-state index in [0.29, 0.717) is 12.3 Å². The molecule has 0 unspecified atom stereocenters. The summed E-state index contributed by atoms with van der Waals surface area (Å²) >= 11 is 3.30. The van der Waals surface area contributed by atoms with Gasteiger partial charge in [-0.25, -0.2) is 4.98 Å². The number of hydrogen-bond acceptors (Lipinski definition) is 4. The number of thioether (sulfide) groups is 1. The summed E-state index contributed by atoms with van der Waals surface area (Å²) in [6.07, 6.45) is 0. The third kappa shape index (κ3) is 4.56. The van der Waals surface area contributed by atoms with E-state index in [1.54, 1.807) is 23.1 Å². The topological polar surface area (TPSA) is 42.0 Å². The molecule has 0 aliphatic carbocycles. The van der Waals surface area contributed by atoms with Gasteiger partial charge in [-0.1, -0.05) is 42.0 Å². The number of para-hydroxylation sites is 1. The zero-order valence-corrected chi connectivity index (χ0v) is 14.5. The highest BCUT2D eigenvalue weighted by Gasteiger charge is 2.06. The molecular formula is C18H18N2OS2. The van der Waals surface area contributed by atoms with Crippen LogP contribution in [0.4, 0.5) is 0 Å². The molecule has 118 valence electrons. The molecule has 0 saturated carbocycles. The molecule has 1 aromatic heterocycles. The number of rotatable bonds is 6. The number of hydrogen-bond donors (Lipinski definition) is 1. The van der Waals surface area contributed by atoms with Crippen LogP contribution >= 0.6 is 23.1 Å². The molecule has 0 saturated heterocycles. The van der Waals surface area contributed by atoms with E-state index in [1.807, 2.05) is 30.3 Å². The number of carbonyl (C=O) groups is 1. The summed E-state index contributed by atoms with van der Waals surface area (Å²) in [5, 5.41) is 4.03. The van der Waals surface area contributed by atoms with E-state index in [2.05, 4.69) is 35.4 Å². The number of nitrogens with one attached hydrogen (secondary N) is 1. The van der Waals surface area contributed by atoms with Crippen LogP contribution in [0, 0.1) is 6.92 Å². The zero-order chi connectivity index (χ0) is 16.1. The van der Waals surface area contributed by atoms with Crippen molar-refractivity contribution < 1.29 is 4.79 Å². The largest absolute Gasteiger partial charge is 0.351 e. The molecule has 0 fully saturated rings. The Balaban J connectivity index is 1.43. The van der Waals surface area contributed by atoms with Crippen molar-refractivity contribution in [1.82, 2.24) is 10.3 Å². The van der Waals surface area contributed by atoms with Crippen molar-refractivity contribution in [2.24, 2.45) is 0 Å². The van der Waals surface area contributed by atoms with Crippen molar-refractivity contribution in [2.75, 3.05) is 5.75 Å². The van der Waals surface area contributed by atoms with Gasteiger partial charge in [0.25, 0.3) is 0 Å². The van der Waals surface area contributed by atoms with Crippen LogP contribution in [0.2, 0.25) is 0 Å². The van der Waals surface area contributed by atoms with Crippen LogP contribution in [0.5, 0.6) is 0 Å². The maximum Gasteiger partial charge on any atom is 0.230 e. The fourth-order valence-electron chi connectivity index (χ4n) is 2.17. The standard InChI is InChI=1S/C18H18N2OS2/c1-13-6-8-14(9-7-13)10-19-17(21)11-22-12-18-20-15-4-2-3-5-16(15)23-18/h2-9H,10-12H2,1H3,(H,19,21). The normalized spacial score (nSPS) is 10.8. The maximum atomic E-state index is 11.9. The maximum absolute atomic E-state index is 11.9. The highest BCUT2D eigenvalue weighted by atomic mass is 32.2. The predicted octanol–water partition coefficient (Wildman–Crippen LogP) is 4.15. The minimum Gasteiger partial charge on any atom is -0.351 e. The number of aromatic nitrogens is 1. The van der Waals surface area contributed by atoms with Gasteiger partial charge in [-0.2, -0.15) is 0 Å². The molecule has 0 atom stereocenters. The van der Waals surface area contributed by atoms with Crippen molar-refractivity contribution in [2.45, 2.75) is 19.2 Å². The first-order valence-corrected chi connectivity index (χ1v) is 9.42. The van der Waals surface area contributed by atoms with Gasteiger partial charge < -0.3 is 5.32 Å². The average Bonchev–Trinajstić information content (AvgIpc) is 2.97. The van der Waals surface area contributed by atoms with Gasteiger partial charge in [-0.15, -0.1) is 23.1 Å². The third-order valence-corrected chi connectivity index (χ3v) is 5.57. The number of carbonyl (C=O) groups excluding carboxylic acids is 1. The Morgan fingerprint density at radius 3 is 2.74 bits per heavy atom. The first-order chi connectivity index (χ1) is 11.2. The molecule has 1 heterocycles. The van der Waals surface area contributed by atoms with Gasteiger partial charge in [0.05, 0.1) is 16.0 Å². The van der Waals surface area contributed by atoms with Crippen LogP contribution in [0.3, 0.4) is 0 Å². The molecule has 3 nitrogen and oxygen atoms in total. The molecule has 3 aromatic rings. The van der Waals surface area contributed by atoms with Gasteiger partial charge in [0, 0.05) is 12.3 Å². The number of benzene rings is 2. The molecule has 0 aliphatic heterocycles.